The summed E-state index contributed by atoms with van der Waals surface area (Å²) in [6, 6.07) is 9.44. The van der Waals surface area contributed by atoms with Gasteiger partial charge in [-0.3, -0.25) is 9.69 Å². The van der Waals surface area contributed by atoms with Crippen molar-refractivity contribution in [1.29, 1.82) is 0 Å². The quantitative estimate of drug-likeness (QED) is 0.204. The largest absolute Gasteiger partial charge is 0.493 e. The third kappa shape index (κ3) is 6.50. The van der Waals surface area contributed by atoms with E-state index >= 15 is 0 Å². The second kappa shape index (κ2) is 13.0. The fraction of sp³-hybridized carbons (Fsp3) is 0.333. The average Bonchev–Trinajstić information content (AvgIpc) is 3.59. The number of hydrogen-bond donors (Lipinski definition) is 2. The zero-order valence-corrected chi connectivity index (χ0v) is 23.7. The number of hydrogen-bond acceptors (Lipinski definition) is 11. The van der Waals surface area contributed by atoms with Crippen molar-refractivity contribution in [2.75, 3.05) is 25.9 Å². The Balaban J connectivity index is 1.29. The van der Waals surface area contributed by atoms with Crippen molar-refractivity contribution in [3.05, 3.63) is 69.8 Å². The number of rotatable bonds is 10. The van der Waals surface area contributed by atoms with Gasteiger partial charge < -0.3 is 15.2 Å². The van der Waals surface area contributed by atoms with Crippen LogP contribution in [0.5, 0.6) is 11.5 Å². The second-order valence-electron chi connectivity index (χ2n) is 9.83. The molecule has 0 saturated carbocycles. The molecule has 13 nitrogen and oxygen atoms in total. The normalized spacial score (nSPS) is 14.4. The first-order chi connectivity index (χ1) is 20.3. The number of nitrogens with zero attached hydrogens (tertiary/aromatic N) is 7. The van der Waals surface area contributed by atoms with Crippen LogP contribution in [0.2, 0.25) is 5.02 Å². The Labute approximate surface area is 245 Å². The molecule has 1 fully saturated rings. The first-order valence-electron chi connectivity index (χ1n) is 13.2. The van der Waals surface area contributed by atoms with Crippen LogP contribution in [0, 0.1) is 11.7 Å². The summed E-state index contributed by atoms with van der Waals surface area (Å²) in [6.07, 6.45) is 3.53. The molecule has 0 radical (unpaired) electrons. The van der Waals surface area contributed by atoms with Crippen LogP contribution in [0.1, 0.15) is 47.1 Å². The summed E-state index contributed by atoms with van der Waals surface area (Å²) in [5.41, 5.74) is 9.78. The Morgan fingerprint density at radius 1 is 1.26 bits per heavy atom. The molecule has 0 aliphatic carbocycles. The highest BCUT2D eigenvalue weighted by Crippen LogP contribution is 2.30. The Hall–Kier alpha value is -4.56. The number of aromatic nitrogens is 5. The average molecular weight is 598 g/mol. The molecule has 1 aliphatic rings. The maximum Gasteiger partial charge on any atom is 0.293 e. The minimum Gasteiger partial charge on any atom is -0.493 e. The molecule has 0 atom stereocenters. The van der Waals surface area contributed by atoms with E-state index in [-0.39, 0.29) is 34.5 Å². The van der Waals surface area contributed by atoms with Crippen LogP contribution in [0.3, 0.4) is 0 Å². The van der Waals surface area contributed by atoms with Crippen LogP contribution in [-0.2, 0) is 13.2 Å². The number of nitrogens with one attached hydrogen (secondary N) is 1. The number of amides is 1. The van der Waals surface area contributed by atoms with Crippen molar-refractivity contribution in [2.45, 2.75) is 32.9 Å². The molecule has 1 saturated heterocycles. The van der Waals surface area contributed by atoms with Crippen LogP contribution in [-0.4, -0.2) is 62.5 Å². The maximum absolute atomic E-state index is 14.1. The maximum atomic E-state index is 14.1. The number of carbonyl (C=O) groups excluding carboxylic acids is 1. The Kier molecular flexibility index (Phi) is 8.93. The third-order valence-electron chi connectivity index (χ3n) is 6.93. The van der Waals surface area contributed by atoms with Gasteiger partial charge in [0, 0.05) is 12.1 Å². The minimum absolute atomic E-state index is 0.0248. The summed E-state index contributed by atoms with van der Waals surface area (Å²) in [5, 5.41) is 19.9. The van der Waals surface area contributed by atoms with E-state index in [1.165, 1.54) is 30.1 Å². The van der Waals surface area contributed by atoms with Gasteiger partial charge in [-0.15, -0.1) is 5.10 Å². The number of nitrogen functional groups attached to an aromatic ring is 1. The van der Waals surface area contributed by atoms with Gasteiger partial charge in [-0.2, -0.15) is 9.78 Å². The van der Waals surface area contributed by atoms with Crippen molar-refractivity contribution in [3.63, 3.8) is 0 Å². The summed E-state index contributed by atoms with van der Waals surface area (Å²) < 4.78 is 31.3. The van der Waals surface area contributed by atoms with E-state index in [1.807, 2.05) is 0 Å². The van der Waals surface area contributed by atoms with Gasteiger partial charge in [-0.1, -0.05) is 29.8 Å². The topological polar surface area (TPSA) is 159 Å². The number of piperidine rings is 1. The van der Waals surface area contributed by atoms with Crippen LogP contribution in [0.15, 0.2) is 46.1 Å². The highest BCUT2D eigenvalue weighted by molar-refractivity contribution is 6.31. The molecule has 0 bridgehead atoms. The molecule has 3 heterocycles. The molecule has 1 aliphatic heterocycles. The van der Waals surface area contributed by atoms with E-state index in [4.69, 9.17) is 31.4 Å². The predicted molar refractivity (Wildman–Crippen MR) is 151 cm³/mol. The van der Waals surface area contributed by atoms with Crippen molar-refractivity contribution in [2.24, 2.45) is 11.0 Å². The number of nitrogens with two attached hydrogens (primary N) is 1. The first-order valence-corrected chi connectivity index (χ1v) is 13.5. The van der Waals surface area contributed by atoms with Gasteiger partial charge >= 0.3 is 0 Å². The van der Waals surface area contributed by atoms with E-state index in [1.54, 1.807) is 24.3 Å². The van der Waals surface area contributed by atoms with Gasteiger partial charge in [0.05, 0.1) is 24.0 Å². The number of methoxy groups -OCH3 is 1. The summed E-state index contributed by atoms with van der Waals surface area (Å²) in [4.78, 5) is 15.4. The fourth-order valence-electron chi connectivity index (χ4n) is 4.48. The van der Waals surface area contributed by atoms with Crippen LogP contribution < -0.4 is 20.6 Å². The standard InChI is InChI=1S/C27H29ClFN9O4/c1-16-8-10-37(11-9-16)14-21-24(32-36-38(21)26-25(30)34-42-35-26)27(39)33-31-13-17-6-7-22(23(12-17)40-2)41-15-18-19(28)4-3-5-20(18)29/h3-7,12-13,16H,8-11,14-15H2,1-2H3,(H2,30,34)(H,33,39)/b31-13+. The molecule has 3 N–H and O–H groups in total. The molecule has 0 unspecified atom stereocenters. The van der Waals surface area contributed by atoms with Crippen LogP contribution >= 0.6 is 11.6 Å². The molecule has 0 spiro atoms. The number of ether oxygens (including phenoxy) is 2. The summed E-state index contributed by atoms with van der Waals surface area (Å²) in [7, 11) is 1.48. The summed E-state index contributed by atoms with van der Waals surface area (Å²) >= 11 is 6.09. The highest BCUT2D eigenvalue weighted by Gasteiger charge is 2.27. The number of hydrazone groups is 1. The molecule has 1 amide bonds. The summed E-state index contributed by atoms with van der Waals surface area (Å²) in [5.74, 6) is 0.554. The van der Waals surface area contributed by atoms with E-state index in [0.717, 1.165) is 25.9 Å². The molecule has 4 aromatic rings. The highest BCUT2D eigenvalue weighted by atomic mass is 35.5. The molecule has 2 aromatic carbocycles. The first kappa shape index (κ1) is 29.0. The van der Waals surface area contributed by atoms with Gasteiger partial charge in [0.2, 0.25) is 11.6 Å². The lowest BCUT2D eigenvalue weighted by atomic mass is 9.99. The lowest BCUT2D eigenvalue weighted by molar-refractivity contribution is 0.0946. The Morgan fingerprint density at radius 2 is 2.07 bits per heavy atom. The molecule has 220 valence electrons. The lowest BCUT2D eigenvalue weighted by Crippen LogP contribution is -2.34. The number of benzene rings is 2. The molecular weight excluding hydrogens is 569 g/mol. The number of halogens is 2. The van der Waals surface area contributed by atoms with Crippen LogP contribution in [0.4, 0.5) is 10.2 Å². The van der Waals surface area contributed by atoms with E-state index < -0.39 is 11.7 Å². The smallest absolute Gasteiger partial charge is 0.293 e. The van der Waals surface area contributed by atoms with Gasteiger partial charge in [0.15, 0.2) is 17.2 Å². The minimum atomic E-state index is -0.568. The number of likely N-dealkylation sites (tertiary alicyclic amines) is 1. The van der Waals surface area contributed by atoms with Crippen LogP contribution in [0.25, 0.3) is 5.82 Å². The second-order valence-corrected chi connectivity index (χ2v) is 10.2. The third-order valence-corrected chi connectivity index (χ3v) is 7.28. The predicted octanol–water partition coefficient (Wildman–Crippen LogP) is 3.61. The van der Waals surface area contributed by atoms with Gasteiger partial charge in [-0.05, 0) is 78.1 Å². The number of carbonyl (C=O) groups is 1. The zero-order chi connectivity index (χ0) is 29.6. The number of anilines is 1. The van der Waals surface area contributed by atoms with Crippen molar-refractivity contribution < 1.29 is 23.3 Å². The monoisotopic (exact) mass is 597 g/mol. The zero-order valence-electron chi connectivity index (χ0n) is 23.0. The van der Waals surface area contributed by atoms with Crippen molar-refractivity contribution in [3.8, 4) is 17.3 Å². The molecule has 5 rings (SSSR count). The van der Waals surface area contributed by atoms with E-state index in [9.17, 15) is 9.18 Å². The van der Waals surface area contributed by atoms with Crippen molar-refractivity contribution in [1.82, 2.24) is 35.6 Å². The van der Waals surface area contributed by atoms with Gasteiger partial charge in [0.25, 0.3) is 5.91 Å². The van der Waals surface area contributed by atoms with E-state index in [0.29, 0.717) is 35.2 Å². The SMILES string of the molecule is COc1cc(/C=N/NC(=O)c2nnn(-c3nonc3N)c2CN2CCC(C)CC2)ccc1OCc1c(F)cccc1Cl. The lowest BCUT2D eigenvalue weighted by Gasteiger charge is -2.30. The summed E-state index contributed by atoms with van der Waals surface area (Å²) in [6.45, 7) is 4.27. The van der Waals surface area contributed by atoms with Crippen molar-refractivity contribution >= 4 is 29.5 Å². The Bertz CT molecular complexity index is 1560. The van der Waals surface area contributed by atoms with E-state index in [2.05, 4.69) is 43.0 Å². The molecule has 15 heteroatoms. The molecule has 42 heavy (non-hydrogen) atoms. The fourth-order valence-corrected chi connectivity index (χ4v) is 4.70. The molecular formula is C27H29ClFN9O4. The Morgan fingerprint density at radius 3 is 2.79 bits per heavy atom. The molecule has 2 aromatic heterocycles. The van der Waals surface area contributed by atoms with Gasteiger partial charge in [-0.25, -0.2) is 14.4 Å². The van der Waals surface area contributed by atoms with Gasteiger partial charge in [0.1, 0.15) is 12.4 Å².